The minimum atomic E-state index is -0.322. The summed E-state index contributed by atoms with van der Waals surface area (Å²) in [4.78, 5) is 18.4. The van der Waals surface area contributed by atoms with Crippen molar-refractivity contribution < 1.29 is 4.79 Å². The van der Waals surface area contributed by atoms with E-state index in [-0.39, 0.29) is 11.9 Å². The van der Waals surface area contributed by atoms with Gasteiger partial charge in [0.2, 0.25) is 0 Å². The average Bonchev–Trinajstić information content (AvgIpc) is 2.78. The summed E-state index contributed by atoms with van der Waals surface area (Å²) in [5.41, 5.74) is 2.78. The fourth-order valence-electron chi connectivity index (χ4n) is 2.36. The third-order valence-corrected chi connectivity index (χ3v) is 3.33. The minimum Gasteiger partial charge on any atom is -0.311 e. The number of hydrogen-bond donors (Lipinski definition) is 0. The van der Waals surface area contributed by atoms with Crippen molar-refractivity contribution in [3.63, 3.8) is 0 Å². The molecule has 5 heteroatoms. The number of carbonyl (C=O) groups is 1. The highest BCUT2D eigenvalue weighted by atomic mass is 16.2. The molecule has 20 heavy (non-hydrogen) atoms. The molecule has 1 unspecified atom stereocenters. The van der Waals surface area contributed by atoms with E-state index in [1.54, 1.807) is 22.0 Å². The molecule has 5 nitrogen and oxygen atoms in total. The summed E-state index contributed by atoms with van der Waals surface area (Å²) in [5, 5.41) is 4.40. The highest BCUT2D eigenvalue weighted by Gasteiger charge is 2.23. The van der Waals surface area contributed by atoms with Crippen molar-refractivity contribution in [2.45, 2.75) is 33.7 Å². The Hall–Kier alpha value is -2.17. The van der Waals surface area contributed by atoms with Gasteiger partial charge in [-0.3, -0.25) is 14.5 Å². The summed E-state index contributed by atoms with van der Waals surface area (Å²) >= 11 is 0. The number of amides is 1. The van der Waals surface area contributed by atoms with Crippen molar-refractivity contribution in [2.24, 2.45) is 0 Å². The first-order valence-electron chi connectivity index (χ1n) is 6.78. The molecule has 0 saturated carbocycles. The van der Waals surface area contributed by atoms with E-state index in [0.29, 0.717) is 6.54 Å². The Labute approximate surface area is 119 Å². The lowest BCUT2D eigenvalue weighted by atomic mass is 10.2. The van der Waals surface area contributed by atoms with Crippen molar-refractivity contribution >= 4 is 11.6 Å². The maximum Gasteiger partial charge on any atom is 0.251 e. The van der Waals surface area contributed by atoms with Gasteiger partial charge in [-0.05, 0) is 45.9 Å². The van der Waals surface area contributed by atoms with Crippen molar-refractivity contribution in [1.82, 2.24) is 14.8 Å². The number of carbonyl (C=O) groups excluding carboxylic acids is 1. The van der Waals surface area contributed by atoms with Crippen LogP contribution in [0, 0.1) is 13.8 Å². The van der Waals surface area contributed by atoms with Crippen LogP contribution in [0.2, 0.25) is 0 Å². The van der Waals surface area contributed by atoms with E-state index in [2.05, 4.69) is 10.1 Å². The maximum atomic E-state index is 12.7. The molecule has 0 aromatic carbocycles. The molecule has 2 aromatic rings. The first kappa shape index (κ1) is 14.2. The second kappa shape index (κ2) is 5.86. The van der Waals surface area contributed by atoms with Crippen LogP contribution in [0.3, 0.4) is 0 Å². The van der Waals surface area contributed by atoms with Gasteiger partial charge in [0.15, 0.2) is 0 Å². The molecule has 0 aliphatic heterocycles. The lowest BCUT2D eigenvalue weighted by Gasteiger charge is -2.25. The van der Waals surface area contributed by atoms with Crippen molar-refractivity contribution in [3.05, 3.63) is 42.0 Å². The monoisotopic (exact) mass is 272 g/mol. The van der Waals surface area contributed by atoms with Crippen molar-refractivity contribution in [2.75, 3.05) is 11.4 Å². The van der Waals surface area contributed by atoms with Crippen LogP contribution in [-0.2, 0) is 4.79 Å². The number of pyridine rings is 1. The minimum absolute atomic E-state index is 0.0323. The number of rotatable bonds is 4. The first-order chi connectivity index (χ1) is 9.54. The maximum absolute atomic E-state index is 12.7. The average molecular weight is 272 g/mol. The third kappa shape index (κ3) is 2.71. The molecule has 106 valence electrons. The van der Waals surface area contributed by atoms with Crippen LogP contribution in [-0.4, -0.2) is 27.2 Å². The Bertz CT molecular complexity index is 591. The van der Waals surface area contributed by atoms with Gasteiger partial charge in [0, 0.05) is 30.3 Å². The number of hydrogen-bond acceptors (Lipinski definition) is 3. The predicted molar refractivity (Wildman–Crippen MR) is 78.7 cm³/mol. The number of likely N-dealkylation sites (N-methyl/N-ethyl adjacent to an activating group) is 1. The van der Waals surface area contributed by atoms with Crippen molar-refractivity contribution in [1.29, 1.82) is 0 Å². The fourth-order valence-corrected chi connectivity index (χ4v) is 2.36. The third-order valence-electron chi connectivity index (χ3n) is 3.33. The van der Waals surface area contributed by atoms with E-state index in [1.165, 1.54) is 0 Å². The van der Waals surface area contributed by atoms with E-state index < -0.39 is 0 Å². The zero-order chi connectivity index (χ0) is 14.7. The van der Waals surface area contributed by atoms with Gasteiger partial charge in [-0.2, -0.15) is 5.10 Å². The van der Waals surface area contributed by atoms with E-state index in [9.17, 15) is 4.79 Å². The Balaban J connectivity index is 2.27. The second-order valence-electron chi connectivity index (χ2n) is 4.84. The van der Waals surface area contributed by atoms with E-state index in [0.717, 1.165) is 17.1 Å². The molecule has 0 spiro atoms. The molecule has 0 N–H and O–H groups in total. The molecule has 2 rings (SSSR count). The lowest BCUT2D eigenvalue weighted by molar-refractivity contribution is -0.121. The number of anilines is 1. The Morgan fingerprint density at radius 2 is 2.00 bits per heavy atom. The molecule has 0 bridgehead atoms. The van der Waals surface area contributed by atoms with Gasteiger partial charge < -0.3 is 4.90 Å². The summed E-state index contributed by atoms with van der Waals surface area (Å²) in [7, 11) is 0. The molecular formula is C15H20N4O. The van der Waals surface area contributed by atoms with Gasteiger partial charge in [0.25, 0.3) is 5.91 Å². The SMILES string of the molecule is CCN(C(=O)C(C)n1nc(C)cc1C)c1ccncc1. The Kier molecular flexibility index (Phi) is 4.17. The molecule has 2 heterocycles. The number of aromatic nitrogens is 3. The first-order valence-corrected chi connectivity index (χ1v) is 6.78. The Morgan fingerprint density at radius 1 is 1.35 bits per heavy atom. The molecule has 0 aliphatic carbocycles. The van der Waals surface area contributed by atoms with Crippen LogP contribution < -0.4 is 4.90 Å². The standard InChI is InChI=1S/C15H20N4O/c1-5-18(14-6-8-16-9-7-14)15(20)13(4)19-12(3)10-11(2)17-19/h6-10,13H,5H2,1-4H3. The molecule has 1 atom stereocenters. The summed E-state index contributed by atoms with van der Waals surface area (Å²) in [6, 6.07) is 5.34. The molecule has 0 saturated heterocycles. The molecule has 0 radical (unpaired) electrons. The van der Waals surface area contributed by atoms with E-state index >= 15 is 0 Å². The molecule has 1 amide bonds. The highest BCUT2D eigenvalue weighted by Crippen LogP contribution is 2.19. The fraction of sp³-hybridized carbons (Fsp3) is 0.400. The highest BCUT2D eigenvalue weighted by molar-refractivity contribution is 5.95. The van der Waals surface area contributed by atoms with Crippen LogP contribution in [0.25, 0.3) is 0 Å². The quantitative estimate of drug-likeness (QED) is 0.859. The summed E-state index contributed by atoms with van der Waals surface area (Å²) in [6.07, 6.45) is 3.39. The van der Waals surface area contributed by atoms with Gasteiger partial charge in [0.05, 0.1) is 5.69 Å². The van der Waals surface area contributed by atoms with Crippen LogP contribution in [0.1, 0.15) is 31.3 Å². The van der Waals surface area contributed by atoms with Gasteiger partial charge >= 0.3 is 0 Å². The van der Waals surface area contributed by atoms with Gasteiger partial charge in [-0.25, -0.2) is 0 Å². The van der Waals surface area contributed by atoms with Crippen LogP contribution in [0.4, 0.5) is 5.69 Å². The Morgan fingerprint density at radius 3 is 2.50 bits per heavy atom. The summed E-state index contributed by atoms with van der Waals surface area (Å²) in [6.45, 7) is 8.36. The lowest BCUT2D eigenvalue weighted by Crippen LogP contribution is -2.36. The predicted octanol–water partition coefficient (Wildman–Crippen LogP) is 2.51. The van der Waals surface area contributed by atoms with Crippen LogP contribution in [0.5, 0.6) is 0 Å². The molecular weight excluding hydrogens is 252 g/mol. The van der Waals surface area contributed by atoms with Gasteiger partial charge in [-0.1, -0.05) is 0 Å². The van der Waals surface area contributed by atoms with Crippen LogP contribution in [0.15, 0.2) is 30.6 Å². The normalized spacial score (nSPS) is 12.2. The number of nitrogens with zero attached hydrogens (tertiary/aromatic N) is 4. The number of aryl methyl sites for hydroxylation is 2. The van der Waals surface area contributed by atoms with Gasteiger partial charge in [0.1, 0.15) is 6.04 Å². The van der Waals surface area contributed by atoms with E-state index in [1.807, 2.05) is 45.9 Å². The largest absolute Gasteiger partial charge is 0.311 e. The zero-order valence-electron chi connectivity index (χ0n) is 12.4. The second-order valence-corrected chi connectivity index (χ2v) is 4.84. The van der Waals surface area contributed by atoms with E-state index in [4.69, 9.17) is 0 Å². The smallest absolute Gasteiger partial charge is 0.251 e. The summed E-state index contributed by atoms with van der Waals surface area (Å²) < 4.78 is 1.78. The molecule has 2 aromatic heterocycles. The van der Waals surface area contributed by atoms with Gasteiger partial charge in [-0.15, -0.1) is 0 Å². The summed E-state index contributed by atoms with van der Waals surface area (Å²) in [5.74, 6) is 0.0323. The molecule has 0 aliphatic rings. The van der Waals surface area contributed by atoms with Crippen LogP contribution >= 0.6 is 0 Å². The topological polar surface area (TPSA) is 51.0 Å². The zero-order valence-corrected chi connectivity index (χ0v) is 12.4. The van der Waals surface area contributed by atoms with Crippen molar-refractivity contribution in [3.8, 4) is 0 Å². The molecule has 0 fully saturated rings.